The van der Waals surface area contributed by atoms with Crippen LogP contribution in [0.1, 0.15) is 31.7 Å². The third kappa shape index (κ3) is 2.47. The lowest BCUT2D eigenvalue weighted by Crippen LogP contribution is -2.09. The highest BCUT2D eigenvalue weighted by Crippen LogP contribution is 2.26. The van der Waals surface area contributed by atoms with Gasteiger partial charge in [-0.2, -0.15) is 5.10 Å². The van der Waals surface area contributed by atoms with Crippen molar-refractivity contribution in [3.05, 3.63) is 64.4 Å². The van der Waals surface area contributed by atoms with Crippen molar-refractivity contribution in [1.82, 2.24) is 10.2 Å². The van der Waals surface area contributed by atoms with Crippen LogP contribution < -0.4 is 5.56 Å². The van der Waals surface area contributed by atoms with Crippen molar-refractivity contribution >= 4 is 10.8 Å². The minimum absolute atomic E-state index is 0.148. The highest BCUT2D eigenvalue weighted by Gasteiger charge is 2.09. The summed E-state index contributed by atoms with van der Waals surface area (Å²) in [4.78, 5) is 11.8. The highest BCUT2D eigenvalue weighted by atomic mass is 16.1. The van der Waals surface area contributed by atoms with Crippen LogP contribution in [0.4, 0.5) is 0 Å². The minimum Gasteiger partial charge on any atom is -0.267 e. The van der Waals surface area contributed by atoms with Gasteiger partial charge in [0.2, 0.25) is 0 Å². The molecule has 0 fully saturated rings. The van der Waals surface area contributed by atoms with E-state index < -0.39 is 0 Å². The molecule has 1 N–H and O–H groups in total. The van der Waals surface area contributed by atoms with Gasteiger partial charge in [-0.3, -0.25) is 4.79 Å². The molecule has 0 saturated heterocycles. The zero-order valence-electron chi connectivity index (χ0n) is 12.3. The molecule has 0 radical (unpaired) electrons. The molecule has 3 aromatic rings. The minimum atomic E-state index is -0.148. The summed E-state index contributed by atoms with van der Waals surface area (Å²) < 4.78 is 0. The van der Waals surface area contributed by atoms with Gasteiger partial charge in [-0.05, 0) is 24.0 Å². The Labute approximate surface area is 123 Å². The van der Waals surface area contributed by atoms with Crippen LogP contribution in [0.5, 0.6) is 0 Å². The number of aromatic amines is 1. The van der Waals surface area contributed by atoms with Crippen LogP contribution in [0.2, 0.25) is 0 Å². The number of fused-ring (bicyclic) bond motifs is 1. The monoisotopic (exact) mass is 278 g/mol. The summed E-state index contributed by atoms with van der Waals surface area (Å²) >= 11 is 0. The lowest BCUT2D eigenvalue weighted by molar-refractivity contribution is 0.734. The Morgan fingerprint density at radius 3 is 2.38 bits per heavy atom. The van der Waals surface area contributed by atoms with E-state index in [-0.39, 0.29) is 5.56 Å². The Bertz CT molecular complexity index is 818. The van der Waals surface area contributed by atoms with E-state index in [1.54, 1.807) is 0 Å². The molecule has 3 rings (SSSR count). The number of rotatable bonds is 3. The molecule has 0 bridgehead atoms. The molecule has 3 heteroatoms. The third-order valence-corrected chi connectivity index (χ3v) is 4.06. The number of nitrogens with zero attached hydrogens (tertiary/aromatic N) is 1. The summed E-state index contributed by atoms with van der Waals surface area (Å²) in [6.45, 7) is 4.41. The van der Waals surface area contributed by atoms with E-state index in [2.05, 4.69) is 48.3 Å². The Hall–Kier alpha value is -2.42. The largest absolute Gasteiger partial charge is 0.272 e. The average Bonchev–Trinajstić information content (AvgIpc) is 2.55. The number of hydrogen-bond acceptors (Lipinski definition) is 2. The molecule has 1 aromatic heterocycles. The second kappa shape index (κ2) is 5.52. The van der Waals surface area contributed by atoms with Crippen molar-refractivity contribution in [2.24, 2.45) is 0 Å². The summed E-state index contributed by atoms with van der Waals surface area (Å²) in [7, 11) is 0. The molecule has 1 atom stereocenters. The maximum atomic E-state index is 11.8. The number of nitrogens with one attached hydrogen (secondary N) is 1. The van der Waals surface area contributed by atoms with Gasteiger partial charge in [0.05, 0.1) is 11.1 Å². The molecule has 1 heterocycles. The van der Waals surface area contributed by atoms with E-state index in [9.17, 15) is 4.79 Å². The van der Waals surface area contributed by atoms with Crippen LogP contribution in [-0.4, -0.2) is 10.2 Å². The lowest BCUT2D eigenvalue weighted by atomic mass is 9.96. The summed E-state index contributed by atoms with van der Waals surface area (Å²) in [6, 6.07) is 16.0. The van der Waals surface area contributed by atoms with Crippen molar-refractivity contribution in [1.29, 1.82) is 0 Å². The topological polar surface area (TPSA) is 45.8 Å². The molecule has 0 aliphatic heterocycles. The Morgan fingerprint density at radius 2 is 1.71 bits per heavy atom. The number of hydrogen-bond donors (Lipinski definition) is 1. The Balaban J connectivity index is 2.13. The average molecular weight is 278 g/mol. The normalized spacial score (nSPS) is 12.5. The molecule has 0 aliphatic rings. The lowest BCUT2D eigenvalue weighted by Gasteiger charge is -2.10. The van der Waals surface area contributed by atoms with E-state index in [0.29, 0.717) is 11.3 Å². The van der Waals surface area contributed by atoms with Gasteiger partial charge in [-0.15, -0.1) is 0 Å². The number of H-pyrrole nitrogens is 1. The maximum absolute atomic E-state index is 11.8. The zero-order valence-corrected chi connectivity index (χ0v) is 12.3. The Morgan fingerprint density at radius 1 is 1.05 bits per heavy atom. The first-order chi connectivity index (χ1) is 10.2. The van der Waals surface area contributed by atoms with Crippen molar-refractivity contribution in [3.63, 3.8) is 0 Å². The predicted octanol–water partition coefficient (Wildman–Crippen LogP) is 4.10. The predicted molar refractivity (Wildman–Crippen MR) is 86.5 cm³/mol. The molecular weight excluding hydrogens is 260 g/mol. The van der Waals surface area contributed by atoms with Crippen LogP contribution in [0, 0.1) is 0 Å². The fourth-order valence-corrected chi connectivity index (χ4v) is 2.54. The van der Waals surface area contributed by atoms with Gasteiger partial charge in [-0.1, -0.05) is 56.3 Å². The van der Waals surface area contributed by atoms with Crippen LogP contribution in [-0.2, 0) is 0 Å². The fourth-order valence-electron chi connectivity index (χ4n) is 2.54. The molecule has 0 saturated carbocycles. The van der Waals surface area contributed by atoms with Gasteiger partial charge < -0.3 is 0 Å². The zero-order chi connectivity index (χ0) is 14.8. The first-order valence-corrected chi connectivity index (χ1v) is 7.28. The number of benzene rings is 2. The SMILES string of the molecule is CCC(C)c1ccc(-c2n[nH]c(=O)c3ccccc23)cc1. The molecule has 106 valence electrons. The van der Waals surface area contributed by atoms with E-state index in [4.69, 9.17) is 0 Å². The molecular formula is C18H18N2O. The molecule has 0 aliphatic carbocycles. The maximum Gasteiger partial charge on any atom is 0.272 e. The second-order valence-electron chi connectivity index (χ2n) is 5.38. The van der Waals surface area contributed by atoms with E-state index in [1.165, 1.54) is 5.56 Å². The number of aromatic nitrogens is 2. The summed E-state index contributed by atoms with van der Waals surface area (Å²) in [5.41, 5.74) is 3.02. The standard InChI is InChI=1S/C18H18N2O/c1-3-12(2)13-8-10-14(11-9-13)17-15-6-4-5-7-16(15)18(21)20-19-17/h4-12H,3H2,1-2H3,(H,20,21). The first-order valence-electron chi connectivity index (χ1n) is 7.28. The van der Waals surface area contributed by atoms with Crippen LogP contribution >= 0.6 is 0 Å². The summed E-state index contributed by atoms with van der Waals surface area (Å²) in [5.74, 6) is 0.555. The fraction of sp³-hybridized carbons (Fsp3) is 0.222. The van der Waals surface area contributed by atoms with Gasteiger partial charge in [0.1, 0.15) is 0 Å². The van der Waals surface area contributed by atoms with Gasteiger partial charge in [0.15, 0.2) is 0 Å². The summed E-state index contributed by atoms with van der Waals surface area (Å²) in [6.07, 6.45) is 1.12. The summed E-state index contributed by atoms with van der Waals surface area (Å²) in [5, 5.41) is 8.38. The third-order valence-electron chi connectivity index (χ3n) is 4.06. The molecule has 1 unspecified atom stereocenters. The smallest absolute Gasteiger partial charge is 0.267 e. The van der Waals surface area contributed by atoms with E-state index >= 15 is 0 Å². The van der Waals surface area contributed by atoms with Crippen molar-refractivity contribution in [2.75, 3.05) is 0 Å². The molecule has 0 amide bonds. The van der Waals surface area contributed by atoms with Gasteiger partial charge in [-0.25, -0.2) is 5.10 Å². The van der Waals surface area contributed by atoms with Crippen molar-refractivity contribution in [2.45, 2.75) is 26.2 Å². The van der Waals surface area contributed by atoms with E-state index in [1.807, 2.05) is 24.3 Å². The van der Waals surface area contributed by atoms with Gasteiger partial charge in [0, 0.05) is 10.9 Å². The van der Waals surface area contributed by atoms with Crippen molar-refractivity contribution < 1.29 is 0 Å². The molecule has 3 nitrogen and oxygen atoms in total. The molecule has 2 aromatic carbocycles. The molecule has 0 spiro atoms. The van der Waals surface area contributed by atoms with Gasteiger partial charge in [0.25, 0.3) is 5.56 Å². The van der Waals surface area contributed by atoms with Gasteiger partial charge >= 0.3 is 0 Å². The Kier molecular flexibility index (Phi) is 3.57. The van der Waals surface area contributed by atoms with Crippen LogP contribution in [0.3, 0.4) is 0 Å². The first kappa shape index (κ1) is 13.6. The highest BCUT2D eigenvalue weighted by molar-refractivity contribution is 5.93. The molecule has 21 heavy (non-hydrogen) atoms. The quantitative estimate of drug-likeness (QED) is 0.784. The second-order valence-corrected chi connectivity index (χ2v) is 5.38. The van der Waals surface area contributed by atoms with Crippen molar-refractivity contribution in [3.8, 4) is 11.3 Å². The van der Waals surface area contributed by atoms with Crippen LogP contribution in [0.25, 0.3) is 22.0 Å². The van der Waals surface area contributed by atoms with Crippen LogP contribution in [0.15, 0.2) is 53.3 Å². The van der Waals surface area contributed by atoms with E-state index in [0.717, 1.165) is 23.1 Å².